The molecule has 0 amide bonds. The minimum atomic E-state index is 0.373. The van der Waals surface area contributed by atoms with Gasteiger partial charge >= 0.3 is 0 Å². The highest BCUT2D eigenvalue weighted by atomic mass is 15.3. The van der Waals surface area contributed by atoms with Crippen molar-refractivity contribution in [3.63, 3.8) is 0 Å². The monoisotopic (exact) mass is 253 g/mol. The largest absolute Gasteiger partial charge is 0.327 e. The van der Waals surface area contributed by atoms with Crippen LogP contribution in [0, 0.1) is 5.41 Å². The van der Waals surface area contributed by atoms with E-state index in [0.29, 0.717) is 11.5 Å². The Morgan fingerprint density at radius 1 is 1.28 bits per heavy atom. The molecule has 0 aromatic heterocycles. The summed E-state index contributed by atoms with van der Waals surface area (Å²) in [6.07, 6.45) is 5.21. The average molecular weight is 253 g/mol. The van der Waals surface area contributed by atoms with Gasteiger partial charge in [0, 0.05) is 25.2 Å². The number of likely N-dealkylation sites (tertiary alicyclic amines) is 1. The lowest BCUT2D eigenvalue weighted by Gasteiger charge is -2.34. The molecular formula is C15H31N3. The maximum atomic E-state index is 6.30. The van der Waals surface area contributed by atoms with Crippen LogP contribution < -0.4 is 5.73 Å². The Morgan fingerprint density at radius 2 is 2.00 bits per heavy atom. The Morgan fingerprint density at radius 3 is 2.56 bits per heavy atom. The fourth-order valence-corrected chi connectivity index (χ4v) is 3.96. The fraction of sp³-hybridized carbons (Fsp3) is 1.00. The Labute approximate surface area is 113 Å². The third kappa shape index (κ3) is 2.89. The van der Waals surface area contributed by atoms with Crippen molar-refractivity contribution in [2.45, 2.75) is 58.5 Å². The molecule has 3 unspecified atom stereocenters. The van der Waals surface area contributed by atoms with Gasteiger partial charge < -0.3 is 10.6 Å². The first kappa shape index (κ1) is 14.3. The maximum Gasteiger partial charge on any atom is 0.0235 e. The van der Waals surface area contributed by atoms with Crippen molar-refractivity contribution in [3.8, 4) is 0 Å². The molecule has 2 aliphatic rings. The van der Waals surface area contributed by atoms with E-state index < -0.39 is 0 Å². The summed E-state index contributed by atoms with van der Waals surface area (Å²) in [6.45, 7) is 13.1. The summed E-state index contributed by atoms with van der Waals surface area (Å²) in [4.78, 5) is 5.27. The van der Waals surface area contributed by atoms with Crippen molar-refractivity contribution in [2.24, 2.45) is 11.1 Å². The van der Waals surface area contributed by atoms with E-state index in [1.807, 2.05) is 0 Å². The molecule has 106 valence electrons. The minimum absolute atomic E-state index is 0.373. The van der Waals surface area contributed by atoms with Crippen LogP contribution in [0.4, 0.5) is 0 Å². The van der Waals surface area contributed by atoms with Crippen LogP contribution in [0.3, 0.4) is 0 Å². The third-order valence-electron chi connectivity index (χ3n) is 5.32. The number of rotatable bonds is 5. The zero-order valence-electron chi connectivity index (χ0n) is 12.5. The van der Waals surface area contributed by atoms with Gasteiger partial charge in [-0.2, -0.15) is 0 Å². The lowest BCUT2D eigenvalue weighted by atomic mass is 9.84. The van der Waals surface area contributed by atoms with Gasteiger partial charge in [-0.15, -0.1) is 0 Å². The summed E-state index contributed by atoms with van der Waals surface area (Å²) in [6, 6.07) is 1.20. The summed E-state index contributed by atoms with van der Waals surface area (Å²) in [7, 11) is 0. The Bertz CT molecular complexity index is 264. The zero-order valence-corrected chi connectivity index (χ0v) is 12.5. The van der Waals surface area contributed by atoms with Crippen LogP contribution in [0.25, 0.3) is 0 Å². The molecule has 18 heavy (non-hydrogen) atoms. The van der Waals surface area contributed by atoms with E-state index >= 15 is 0 Å². The van der Waals surface area contributed by atoms with E-state index in [1.54, 1.807) is 0 Å². The average Bonchev–Trinajstić information content (AvgIpc) is 2.90. The van der Waals surface area contributed by atoms with Gasteiger partial charge in [0.1, 0.15) is 0 Å². The molecule has 1 heterocycles. The number of hydrogen-bond donors (Lipinski definition) is 1. The van der Waals surface area contributed by atoms with Crippen LogP contribution in [0.1, 0.15) is 46.5 Å². The Kier molecular flexibility index (Phi) is 4.68. The van der Waals surface area contributed by atoms with E-state index in [9.17, 15) is 0 Å². The van der Waals surface area contributed by atoms with Crippen LogP contribution in [-0.4, -0.2) is 54.6 Å². The smallest absolute Gasteiger partial charge is 0.0235 e. The van der Waals surface area contributed by atoms with Crippen molar-refractivity contribution < 1.29 is 0 Å². The van der Waals surface area contributed by atoms with Gasteiger partial charge in [0.25, 0.3) is 0 Å². The molecule has 2 rings (SSSR count). The molecular weight excluding hydrogens is 222 g/mol. The SMILES string of the molecule is CCN(CC)C1CCN(CC2(C)CCCC2N)C1. The molecule has 0 bridgehead atoms. The molecule has 3 heteroatoms. The summed E-state index contributed by atoms with van der Waals surface area (Å²) >= 11 is 0. The Hall–Kier alpha value is -0.120. The molecule has 0 aromatic carbocycles. The van der Waals surface area contributed by atoms with Gasteiger partial charge in [0.05, 0.1) is 0 Å². The lowest BCUT2D eigenvalue weighted by Crippen LogP contribution is -2.45. The Balaban J connectivity index is 1.86. The zero-order chi connectivity index (χ0) is 13.2. The molecule has 3 atom stereocenters. The maximum absolute atomic E-state index is 6.30. The van der Waals surface area contributed by atoms with E-state index in [1.165, 1.54) is 58.4 Å². The van der Waals surface area contributed by atoms with Crippen LogP contribution in [-0.2, 0) is 0 Å². The van der Waals surface area contributed by atoms with Crippen LogP contribution >= 0.6 is 0 Å². The van der Waals surface area contributed by atoms with Crippen molar-refractivity contribution >= 4 is 0 Å². The van der Waals surface area contributed by atoms with Crippen molar-refractivity contribution in [3.05, 3.63) is 0 Å². The van der Waals surface area contributed by atoms with E-state index in [-0.39, 0.29) is 0 Å². The molecule has 0 aromatic rings. The van der Waals surface area contributed by atoms with Crippen LogP contribution in [0.2, 0.25) is 0 Å². The molecule has 1 aliphatic heterocycles. The van der Waals surface area contributed by atoms with Gasteiger partial charge in [-0.25, -0.2) is 0 Å². The second kappa shape index (κ2) is 5.89. The molecule has 3 nitrogen and oxygen atoms in total. The molecule has 2 fully saturated rings. The summed E-state index contributed by atoms with van der Waals surface area (Å²) < 4.78 is 0. The number of hydrogen-bond acceptors (Lipinski definition) is 3. The summed E-state index contributed by atoms with van der Waals surface area (Å²) in [5.41, 5.74) is 6.67. The van der Waals surface area contributed by atoms with Gasteiger partial charge in [-0.3, -0.25) is 4.90 Å². The van der Waals surface area contributed by atoms with Crippen molar-refractivity contribution in [2.75, 3.05) is 32.7 Å². The van der Waals surface area contributed by atoms with Crippen molar-refractivity contribution in [1.82, 2.24) is 9.80 Å². The number of nitrogens with two attached hydrogens (primary N) is 1. The normalized spacial score (nSPS) is 37.8. The number of likely N-dealkylation sites (N-methyl/N-ethyl adjacent to an activating group) is 1. The fourth-order valence-electron chi connectivity index (χ4n) is 3.96. The molecule has 0 radical (unpaired) electrons. The van der Waals surface area contributed by atoms with Crippen molar-refractivity contribution in [1.29, 1.82) is 0 Å². The quantitative estimate of drug-likeness (QED) is 0.812. The standard InChI is InChI=1S/C15H31N3/c1-4-18(5-2)13-8-10-17(11-13)12-15(3)9-6-7-14(15)16/h13-14H,4-12,16H2,1-3H3. The molecule has 1 saturated heterocycles. The summed E-state index contributed by atoms with van der Waals surface area (Å²) in [5, 5.41) is 0. The third-order valence-corrected chi connectivity index (χ3v) is 5.32. The molecule has 0 spiro atoms. The highest BCUT2D eigenvalue weighted by Gasteiger charge is 2.39. The molecule has 1 aliphatic carbocycles. The van der Waals surface area contributed by atoms with E-state index in [2.05, 4.69) is 30.6 Å². The van der Waals surface area contributed by atoms with Gasteiger partial charge in [-0.1, -0.05) is 27.2 Å². The first-order chi connectivity index (χ1) is 8.59. The predicted octanol–water partition coefficient (Wildman–Crippen LogP) is 1.92. The van der Waals surface area contributed by atoms with Crippen LogP contribution in [0.5, 0.6) is 0 Å². The van der Waals surface area contributed by atoms with E-state index in [4.69, 9.17) is 5.73 Å². The second-order valence-electron chi connectivity index (χ2n) is 6.55. The van der Waals surface area contributed by atoms with Gasteiger partial charge in [-0.05, 0) is 44.3 Å². The van der Waals surface area contributed by atoms with Gasteiger partial charge in [0.15, 0.2) is 0 Å². The molecule has 1 saturated carbocycles. The first-order valence-corrected chi connectivity index (χ1v) is 7.81. The first-order valence-electron chi connectivity index (χ1n) is 7.81. The highest BCUT2D eigenvalue weighted by Crippen LogP contribution is 2.38. The highest BCUT2D eigenvalue weighted by molar-refractivity contribution is 4.95. The second-order valence-corrected chi connectivity index (χ2v) is 6.55. The minimum Gasteiger partial charge on any atom is -0.327 e. The lowest BCUT2D eigenvalue weighted by molar-refractivity contribution is 0.158. The molecule has 2 N–H and O–H groups in total. The number of nitrogens with zero attached hydrogens (tertiary/aromatic N) is 2. The topological polar surface area (TPSA) is 32.5 Å². The van der Waals surface area contributed by atoms with Crippen LogP contribution in [0.15, 0.2) is 0 Å². The summed E-state index contributed by atoms with van der Waals surface area (Å²) in [5.74, 6) is 0. The van der Waals surface area contributed by atoms with Gasteiger partial charge in [0.2, 0.25) is 0 Å². The predicted molar refractivity (Wildman–Crippen MR) is 77.7 cm³/mol. The van der Waals surface area contributed by atoms with E-state index in [0.717, 1.165) is 6.04 Å².